The van der Waals surface area contributed by atoms with Gasteiger partial charge in [0.15, 0.2) is 5.71 Å². The molecule has 0 radical (unpaired) electrons. The van der Waals surface area contributed by atoms with Crippen LogP contribution in [0, 0.1) is 5.92 Å². The summed E-state index contributed by atoms with van der Waals surface area (Å²) in [5.74, 6) is -0.594. The summed E-state index contributed by atoms with van der Waals surface area (Å²) < 4.78 is 0. The first kappa shape index (κ1) is 18.1. The molecule has 2 aromatic carbocycles. The number of amides is 1. The average Bonchev–Trinajstić information content (AvgIpc) is 2.85. The van der Waals surface area contributed by atoms with Crippen LogP contribution in [0.1, 0.15) is 31.4 Å². The topological polar surface area (TPSA) is 59.0 Å². The van der Waals surface area contributed by atoms with Gasteiger partial charge in [-0.25, -0.2) is 4.79 Å². The van der Waals surface area contributed by atoms with E-state index in [-0.39, 0.29) is 24.0 Å². The molecule has 26 heavy (non-hydrogen) atoms. The van der Waals surface area contributed by atoms with Crippen molar-refractivity contribution in [3.8, 4) is 0 Å². The van der Waals surface area contributed by atoms with E-state index in [4.69, 9.17) is 16.4 Å². The van der Waals surface area contributed by atoms with Gasteiger partial charge in [0.25, 0.3) is 5.91 Å². The number of oxime groups is 1. The van der Waals surface area contributed by atoms with Crippen molar-refractivity contribution in [2.24, 2.45) is 11.1 Å². The van der Waals surface area contributed by atoms with E-state index in [0.29, 0.717) is 17.1 Å². The van der Waals surface area contributed by atoms with Crippen LogP contribution in [0.2, 0.25) is 5.02 Å². The number of para-hydroxylation sites is 1. The van der Waals surface area contributed by atoms with Gasteiger partial charge in [-0.1, -0.05) is 60.9 Å². The molecule has 0 spiro atoms. The quantitative estimate of drug-likeness (QED) is 0.586. The second kappa shape index (κ2) is 7.70. The number of carbonyl (C=O) groups excluding carboxylic acids is 2. The van der Waals surface area contributed by atoms with Crippen molar-refractivity contribution in [3.63, 3.8) is 0 Å². The summed E-state index contributed by atoms with van der Waals surface area (Å²) in [6, 6.07) is 14.6. The Morgan fingerprint density at radius 3 is 2.69 bits per heavy atom. The Balaban J connectivity index is 1.87. The summed E-state index contributed by atoms with van der Waals surface area (Å²) in [6.45, 7) is 4.18. The zero-order valence-corrected chi connectivity index (χ0v) is 15.4. The first-order chi connectivity index (χ1) is 12.5. The monoisotopic (exact) mass is 370 g/mol. The first-order valence-electron chi connectivity index (χ1n) is 8.39. The fourth-order valence-electron chi connectivity index (χ4n) is 2.79. The molecule has 1 aliphatic heterocycles. The molecule has 0 aliphatic carbocycles. The summed E-state index contributed by atoms with van der Waals surface area (Å²) in [5, 5.41) is 4.47. The molecule has 1 aliphatic rings. The number of rotatable bonds is 5. The van der Waals surface area contributed by atoms with Crippen LogP contribution in [0.15, 0.2) is 53.7 Å². The third-order valence-corrected chi connectivity index (χ3v) is 4.18. The predicted molar refractivity (Wildman–Crippen MR) is 101 cm³/mol. The fraction of sp³-hybridized carbons (Fsp3) is 0.250. The fourth-order valence-corrected chi connectivity index (χ4v) is 3.00. The minimum absolute atomic E-state index is 0.139. The van der Waals surface area contributed by atoms with Gasteiger partial charge in [0.1, 0.15) is 0 Å². The van der Waals surface area contributed by atoms with Gasteiger partial charge in [-0.3, -0.25) is 4.79 Å². The van der Waals surface area contributed by atoms with E-state index in [2.05, 4.69) is 5.16 Å². The van der Waals surface area contributed by atoms with Crippen molar-refractivity contribution in [1.29, 1.82) is 0 Å². The lowest BCUT2D eigenvalue weighted by Gasteiger charge is -2.16. The van der Waals surface area contributed by atoms with Crippen molar-refractivity contribution >= 4 is 34.9 Å². The second-order valence-corrected chi connectivity index (χ2v) is 6.98. The van der Waals surface area contributed by atoms with E-state index >= 15 is 0 Å². The summed E-state index contributed by atoms with van der Waals surface area (Å²) >= 11 is 6.04. The predicted octanol–water partition coefficient (Wildman–Crippen LogP) is 4.18. The Hall–Kier alpha value is -2.66. The highest BCUT2D eigenvalue weighted by molar-refractivity contribution is 6.54. The Morgan fingerprint density at radius 1 is 1.19 bits per heavy atom. The van der Waals surface area contributed by atoms with Gasteiger partial charge >= 0.3 is 5.97 Å². The molecule has 1 heterocycles. The number of benzene rings is 2. The molecule has 6 heteroatoms. The van der Waals surface area contributed by atoms with Crippen LogP contribution in [0.4, 0.5) is 5.69 Å². The molecular formula is C20H19ClN2O3. The maximum Gasteiger partial charge on any atom is 0.335 e. The Bertz CT molecular complexity index is 877. The molecule has 134 valence electrons. The molecule has 0 saturated heterocycles. The first-order valence-corrected chi connectivity index (χ1v) is 8.77. The van der Waals surface area contributed by atoms with Crippen molar-refractivity contribution in [1.82, 2.24) is 0 Å². The molecule has 0 N–H and O–H groups in total. The van der Waals surface area contributed by atoms with Crippen LogP contribution >= 0.6 is 11.6 Å². The van der Waals surface area contributed by atoms with Gasteiger partial charge in [-0.05, 0) is 29.7 Å². The van der Waals surface area contributed by atoms with Gasteiger partial charge in [-0.15, -0.1) is 0 Å². The van der Waals surface area contributed by atoms with E-state index in [1.807, 2.05) is 50.2 Å². The van der Waals surface area contributed by atoms with E-state index in [1.165, 1.54) is 0 Å². The van der Waals surface area contributed by atoms with Crippen LogP contribution in [0.5, 0.6) is 0 Å². The van der Waals surface area contributed by atoms with Crippen molar-refractivity contribution in [2.75, 3.05) is 4.90 Å². The smallest absolute Gasteiger partial charge is 0.317 e. The summed E-state index contributed by atoms with van der Waals surface area (Å²) in [7, 11) is 0. The summed E-state index contributed by atoms with van der Waals surface area (Å²) in [6.07, 6.45) is 0.249. The number of halogens is 1. The molecule has 1 amide bonds. The van der Waals surface area contributed by atoms with Crippen LogP contribution in [0.3, 0.4) is 0 Å². The summed E-state index contributed by atoms with van der Waals surface area (Å²) in [5.41, 5.74) is 2.42. The molecule has 0 unspecified atom stereocenters. The van der Waals surface area contributed by atoms with Crippen LogP contribution in [0.25, 0.3) is 0 Å². The van der Waals surface area contributed by atoms with Gasteiger partial charge in [0, 0.05) is 10.6 Å². The van der Waals surface area contributed by atoms with Gasteiger partial charge in [0.05, 0.1) is 18.7 Å². The highest BCUT2D eigenvalue weighted by atomic mass is 35.5. The molecule has 5 nitrogen and oxygen atoms in total. The second-order valence-electron chi connectivity index (χ2n) is 6.54. The molecule has 0 fully saturated rings. The number of carbonyl (C=O) groups is 2. The minimum Gasteiger partial charge on any atom is -0.317 e. The van der Waals surface area contributed by atoms with Gasteiger partial charge in [0.2, 0.25) is 0 Å². The van der Waals surface area contributed by atoms with E-state index in [9.17, 15) is 9.59 Å². The molecule has 0 bridgehead atoms. The van der Waals surface area contributed by atoms with Crippen LogP contribution in [-0.2, 0) is 21.0 Å². The average molecular weight is 371 g/mol. The molecule has 0 aromatic heterocycles. The third kappa shape index (κ3) is 3.94. The van der Waals surface area contributed by atoms with Crippen molar-refractivity contribution < 1.29 is 14.4 Å². The van der Waals surface area contributed by atoms with E-state index < -0.39 is 5.97 Å². The molecule has 0 saturated carbocycles. The zero-order valence-electron chi connectivity index (χ0n) is 14.6. The number of hydrogen-bond donors (Lipinski definition) is 0. The van der Waals surface area contributed by atoms with Crippen molar-refractivity contribution in [2.45, 2.75) is 26.8 Å². The SMILES string of the molecule is CC(C)CC(=O)O/N=C1\C(=O)N(Cc2cccc(Cl)c2)c2ccccc21. The Kier molecular flexibility index (Phi) is 5.38. The van der Waals surface area contributed by atoms with Gasteiger partial charge in [-0.2, -0.15) is 0 Å². The molecule has 2 aromatic rings. The largest absolute Gasteiger partial charge is 0.335 e. The van der Waals surface area contributed by atoms with E-state index in [0.717, 1.165) is 11.3 Å². The lowest BCUT2D eigenvalue weighted by Crippen LogP contribution is -2.29. The Morgan fingerprint density at radius 2 is 1.96 bits per heavy atom. The molecule has 0 atom stereocenters. The maximum absolute atomic E-state index is 12.9. The third-order valence-electron chi connectivity index (χ3n) is 3.94. The maximum atomic E-state index is 12.9. The highest BCUT2D eigenvalue weighted by Crippen LogP contribution is 2.31. The Labute approximate surface area is 157 Å². The van der Waals surface area contributed by atoms with Crippen molar-refractivity contribution in [3.05, 3.63) is 64.7 Å². The number of nitrogens with zero attached hydrogens (tertiary/aromatic N) is 2. The van der Waals surface area contributed by atoms with Crippen LogP contribution in [-0.4, -0.2) is 17.6 Å². The highest BCUT2D eigenvalue weighted by Gasteiger charge is 2.34. The number of hydrogen-bond acceptors (Lipinski definition) is 4. The van der Waals surface area contributed by atoms with Gasteiger partial charge < -0.3 is 9.74 Å². The number of anilines is 1. The minimum atomic E-state index is -0.453. The molecule has 3 rings (SSSR count). The number of fused-ring (bicyclic) bond motifs is 1. The lowest BCUT2D eigenvalue weighted by molar-refractivity contribution is -0.144. The zero-order chi connectivity index (χ0) is 18.7. The standard InChI is InChI=1S/C20H19ClN2O3/c1-13(2)10-18(24)26-22-19-16-8-3-4-9-17(16)23(20(19)25)12-14-6-5-7-15(21)11-14/h3-9,11,13H,10,12H2,1-2H3/b22-19-. The lowest BCUT2D eigenvalue weighted by atomic mass is 10.1. The summed E-state index contributed by atoms with van der Waals surface area (Å²) in [4.78, 5) is 31.2. The van der Waals surface area contributed by atoms with Crippen LogP contribution < -0.4 is 4.90 Å². The molecular weight excluding hydrogens is 352 g/mol. The van der Waals surface area contributed by atoms with E-state index in [1.54, 1.807) is 17.0 Å². The normalized spacial score (nSPS) is 14.8.